The molecule has 24 heavy (non-hydrogen) atoms. The molecule has 1 aromatic heterocycles. The first-order valence-electron chi connectivity index (χ1n) is 9.03. The van der Waals surface area contributed by atoms with Crippen molar-refractivity contribution >= 4 is 5.69 Å². The van der Waals surface area contributed by atoms with Crippen molar-refractivity contribution in [3.63, 3.8) is 0 Å². The molecule has 5 nitrogen and oxygen atoms in total. The van der Waals surface area contributed by atoms with Gasteiger partial charge in [-0.15, -0.1) is 0 Å². The van der Waals surface area contributed by atoms with Crippen molar-refractivity contribution in [3.8, 4) is 0 Å². The van der Waals surface area contributed by atoms with E-state index in [0.29, 0.717) is 13.2 Å². The van der Waals surface area contributed by atoms with Crippen LogP contribution in [0.3, 0.4) is 0 Å². The summed E-state index contributed by atoms with van der Waals surface area (Å²) in [6, 6.07) is 4.26. The molecule has 1 fully saturated rings. The Balaban J connectivity index is 0.00000139. The van der Waals surface area contributed by atoms with Gasteiger partial charge in [-0.25, -0.2) is 0 Å². The highest BCUT2D eigenvalue weighted by Crippen LogP contribution is 2.26. The SMILES string of the molecule is CC.CCc1ccc(N2CCOC(C(C)(C)O)C2)c(CN(C)C)n1. The quantitative estimate of drug-likeness (QED) is 0.895. The van der Waals surface area contributed by atoms with Gasteiger partial charge in [0.1, 0.15) is 6.10 Å². The Hall–Kier alpha value is -1.17. The second-order valence-electron chi connectivity index (χ2n) is 6.82. The van der Waals surface area contributed by atoms with E-state index in [9.17, 15) is 5.11 Å². The number of aromatic nitrogens is 1. The number of hydrogen-bond acceptors (Lipinski definition) is 5. The number of morpholine rings is 1. The monoisotopic (exact) mass is 337 g/mol. The van der Waals surface area contributed by atoms with Crippen LogP contribution >= 0.6 is 0 Å². The van der Waals surface area contributed by atoms with Crippen LogP contribution in [0.5, 0.6) is 0 Å². The van der Waals surface area contributed by atoms with Gasteiger partial charge in [0, 0.05) is 25.3 Å². The fourth-order valence-corrected chi connectivity index (χ4v) is 2.74. The highest BCUT2D eigenvalue weighted by atomic mass is 16.5. The molecule has 0 bridgehead atoms. The topological polar surface area (TPSA) is 48.8 Å². The van der Waals surface area contributed by atoms with E-state index in [0.717, 1.165) is 36.6 Å². The van der Waals surface area contributed by atoms with Crippen LogP contribution in [-0.2, 0) is 17.7 Å². The lowest BCUT2D eigenvalue weighted by atomic mass is 10.00. The molecular formula is C19H35N3O2. The molecule has 0 spiro atoms. The van der Waals surface area contributed by atoms with Crippen molar-refractivity contribution in [1.29, 1.82) is 0 Å². The Kier molecular flexibility index (Phi) is 8.13. The van der Waals surface area contributed by atoms with Crippen LogP contribution in [0.25, 0.3) is 0 Å². The first kappa shape index (κ1) is 20.9. The van der Waals surface area contributed by atoms with Crippen LogP contribution in [0.2, 0.25) is 0 Å². The van der Waals surface area contributed by atoms with Crippen LogP contribution < -0.4 is 4.90 Å². The van der Waals surface area contributed by atoms with Gasteiger partial charge in [0.05, 0.1) is 23.6 Å². The second-order valence-corrected chi connectivity index (χ2v) is 6.82. The second kappa shape index (κ2) is 9.35. The molecule has 138 valence electrons. The third-order valence-corrected chi connectivity index (χ3v) is 4.03. The third-order valence-electron chi connectivity index (χ3n) is 4.03. The molecule has 0 amide bonds. The molecule has 1 aliphatic heterocycles. The Bertz CT molecular complexity index is 498. The van der Waals surface area contributed by atoms with Gasteiger partial charge in [0.2, 0.25) is 0 Å². The summed E-state index contributed by atoms with van der Waals surface area (Å²) in [4.78, 5) is 9.23. The summed E-state index contributed by atoms with van der Waals surface area (Å²) in [7, 11) is 4.12. The summed E-state index contributed by atoms with van der Waals surface area (Å²) in [5.74, 6) is 0. The maximum Gasteiger partial charge on any atom is 0.103 e. The number of rotatable bonds is 5. The van der Waals surface area contributed by atoms with E-state index < -0.39 is 5.60 Å². The van der Waals surface area contributed by atoms with Crippen LogP contribution in [0.1, 0.15) is 46.0 Å². The molecule has 1 aliphatic rings. The van der Waals surface area contributed by atoms with Gasteiger partial charge < -0.3 is 19.6 Å². The third kappa shape index (κ3) is 5.72. The number of aliphatic hydroxyl groups is 1. The van der Waals surface area contributed by atoms with E-state index in [1.165, 1.54) is 0 Å². The van der Waals surface area contributed by atoms with Crippen LogP contribution in [0.4, 0.5) is 5.69 Å². The predicted octanol–water partition coefficient (Wildman–Crippen LogP) is 2.71. The zero-order valence-electron chi connectivity index (χ0n) is 16.5. The normalized spacial score (nSPS) is 18.4. The lowest BCUT2D eigenvalue weighted by Crippen LogP contribution is -2.52. The molecule has 5 heteroatoms. The molecule has 2 heterocycles. The summed E-state index contributed by atoms with van der Waals surface area (Å²) in [6.07, 6.45) is 0.759. The minimum atomic E-state index is -0.836. The molecule has 0 radical (unpaired) electrons. The van der Waals surface area contributed by atoms with Crippen LogP contribution in [0.15, 0.2) is 12.1 Å². The van der Waals surface area contributed by atoms with Gasteiger partial charge in [-0.3, -0.25) is 4.98 Å². The first-order valence-corrected chi connectivity index (χ1v) is 9.03. The standard InChI is InChI=1S/C17H29N3O2.C2H6/c1-6-13-7-8-15(14(18-13)11-19(4)5)20-9-10-22-16(12-20)17(2,3)21;1-2/h7-8,16,21H,6,9-12H2,1-5H3;1-2H3. The van der Waals surface area contributed by atoms with Gasteiger partial charge in [-0.05, 0) is 46.5 Å². The molecule has 1 aromatic rings. The average Bonchev–Trinajstić information content (AvgIpc) is 2.55. The van der Waals surface area contributed by atoms with Gasteiger partial charge in [0.25, 0.3) is 0 Å². The zero-order valence-corrected chi connectivity index (χ0v) is 16.5. The predicted molar refractivity (Wildman–Crippen MR) is 101 cm³/mol. The highest BCUT2D eigenvalue weighted by Gasteiger charge is 2.33. The van der Waals surface area contributed by atoms with Gasteiger partial charge >= 0.3 is 0 Å². The maximum absolute atomic E-state index is 10.2. The number of hydrogen-bond donors (Lipinski definition) is 1. The van der Waals surface area contributed by atoms with E-state index in [-0.39, 0.29) is 6.10 Å². The number of aryl methyl sites for hydroxylation is 1. The summed E-state index contributed by atoms with van der Waals surface area (Å²) in [5.41, 5.74) is 2.54. The Morgan fingerprint density at radius 2 is 2.00 bits per heavy atom. The molecular weight excluding hydrogens is 302 g/mol. The van der Waals surface area contributed by atoms with Crippen molar-refractivity contribution in [3.05, 3.63) is 23.5 Å². The molecule has 1 unspecified atom stereocenters. The van der Waals surface area contributed by atoms with Gasteiger partial charge in [-0.1, -0.05) is 20.8 Å². The van der Waals surface area contributed by atoms with E-state index in [4.69, 9.17) is 9.72 Å². The van der Waals surface area contributed by atoms with Crippen LogP contribution in [-0.4, -0.2) is 60.5 Å². The Morgan fingerprint density at radius 1 is 1.33 bits per heavy atom. The van der Waals surface area contributed by atoms with Crippen molar-refractivity contribution < 1.29 is 9.84 Å². The van der Waals surface area contributed by atoms with Crippen molar-refractivity contribution in [2.24, 2.45) is 0 Å². The molecule has 2 rings (SSSR count). The summed E-state index contributed by atoms with van der Waals surface area (Å²) >= 11 is 0. The fourth-order valence-electron chi connectivity index (χ4n) is 2.74. The number of anilines is 1. The lowest BCUT2D eigenvalue weighted by molar-refractivity contribution is -0.0928. The minimum Gasteiger partial charge on any atom is -0.388 e. The van der Waals surface area contributed by atoms with Crippen molar-refractivity contribution in [2.45, 2.75) is 59.3 Å². The molecule has 1 atom stereocenters. The van der Waals surface area contributed by atoms with Gasteiger partial charge in [-0.2, -0.15) is 0 Å². The van der Waals surface area contributed by atoms with Crippen molar-refractivity contribution in [2.75, 3.05) is 38.7 Å². The van der Waals surface area contributed by atoms with Gasteiger partial charge in [0.15, 0.2) is 0 Å². The van der Waals surface area contributed by atoms with E-state index in [1.54, 1.807) is 13.8 Å². The summed E-state index contributed by atoms with van der Waals surface area (Å²) in [5, 5.41) is 10.2. The Morgan fingerprint density at radius 3 is 2.54 bits per heavy atom. The summed E-state index contributed by atoms with van der Waals surface area (Å²) in [6.45, 7) is 12.7. The number of ether oxygens (including phenoxy) is 1. The largest absolute Gasteiger partial charge is 0.388 e. The fraction of sp³-hybridized carbons (Fsp3) is 0.737. The first-order chi connectivity index (χ1) is 11.3. The molecule has 1 N–H and O–H groups in total. The van der Waals surface area contributed by atoms with Crippen LogP contribution in [0, 0.1) is 0 Å². The molecule has 0 saturated carbocycles. The Labute approximate surface area is 147 Å². The van der Waals surface area contributed by atoms with E-state index >= 15 is 0 Å². The number of pyridine rings is 1. The summed E-state index contributed by atoms with van der Waals surface area (Å²) < 4.78 is 5.74. The smallest absolute Gasteiger partial charge is 0.103 e. The minimum absolute atomic E-state index is 0.181. The molecule has 0 aromatic carbocycles. The highest BCUT2D eigenvalue weighted by molar-refractivity contribution is 5.52. The maximum atomic E-state index is 10.2. The zero-order chi connectivity index (χ0) is 18.3. The molecule has 1 saturated heterocycles. The van der Waals surface area contributed by atoms with E-state index in [2.05, 4.69) is 43.0 Å². The molecule has 0 aliphatic carbocycles. The van der Waals surface area contributed by atoms with Crippen molar-refractivity contribution in [1.82, 2.24) is 9.88 Å². The number of nitrogens with zero attached hydrogens (tertiary/aromatic N) is 3. The lowest BCUT2D eigenvalue weighted by Gasteiger charge is -2.40. The van der Waals surface area contributed by atoms with E-state index in [1.807, 2.05) is 13.8 Å². The average molecular weight is 338 g/mol.